The summed E-state index contributed by atoms with van der Waals surface area (Å²) >= 11 is 0. The second kappa shape index (κ2) is 4.94. The molecule has 21 heavy (non-hydrogen) atoms. The Hall–Kier alpha value is -2.25. The molecule has 0 aliphatic carbocycles. The van der Waals surface area contributed by atoms with E-state index in [0.29, 0.717) is 36.2 Å². The molecule has 1 saturated heterocycles. The number of carboxylic acids is 1. The lowest BCUT2D eigenvalue weighted by Crippen LogP contribution is -2.50. The minimum atomic E-state index is -1.23. The Balaban J connectivity index is 1.84. The van der Waals surface area contributed by atoms with Crippen LogP contribution in [0.15, 0.2) is 29.1 Å². The summed E-state index contributed by atoms with van der Waals surface area (Å²) in [5.41, 5.74) is 6.12. The zero-order chi connectivity index (χ0) is 15.0. The van der Waals surface area contributed by atoms with E-state index in [2.05, 4.69) is 9.97 Å². The summed E-state index contributed by atoms with van der Waals surface area (Å²) < 4.78 is 0. The summed E-state index contributed by atoms with van der Waals surface area (Å²) in [7, 11) is 0. The summed E-state index contributed by atoms with van der Waals surface area (Å²) in [5.74, 6) is -1.01. The van der Waals surface area contributed by atoms with Crippen LogP contribution >= 0.6 is 0 Å². The number of carbonyl (C=O) groups is 1. The third kappa shape index (κ3) is 2.53. The highest BCUT2D eigenvalue weighted by molar-refractivity contribution is 5.79. The van der Waals surface area contributed by atoms with Gasteiger partial charge in [0, 0.05) is 19.6 Å². The molecule has 0 bridgehead atoms. The number of fused-ring (bicyclic) bond motifs is 1. The molecule has 1 aromatic heterocycles. The number of carboxylic acid groups (broad SMARTS) is 1. The molecular formula is C14H16N4O3. The first-order valence-corrected chi connectivity index (χ1v) is 6.70. The van der Waals surface area contributed by atoms with Gasteiger partial charge in [0.2, 0.25) is 0 Å². The topological polar surface area (TPSA) is 112 Å². The zero-order valence-electron chi connectivity index (χ0n) is 11.4. The van der Waals surface area contributed by atoms with Crippen molar-refractivity contribution in [3.63, 3.8) is 0 Å². The molecule has 1 aliphatic heterocycles. The van der Waals surface area contributed by atoms with Crippen LogP contribution < -0.4 is 11.3 Å². The van der Waals surface area contributed by atoms with Crippen molar-refractivity contribution >= 4 is 17.0 Å². The van der Waals surface area contributed by atoms with E-state index in [0.717, 1.165) is 0 Å². The van der Waals surface area contributed by atoms with E-state index in [4.69, 9.17) is 10.8 Å². The van der Waals surface area contributed by atoms with Gasteiger partial charge in [0.1, 0.15) is 11.2 Å². The van der Waals surface area contributed by atoms with Crippen LogP contribution in [0.25, 0.3) is 11.0 Å². The van der Waals surface area contributed by atoms with E-state index >= 15 is 0 Å². The van der Waals surface area contributed by atoms with E-state index in [9.17, 15) is 9.59 Å². The number of hydrogen-bond acceptors (Lipinski definition) is 5. The van der Waals surface area contributed by atoms with Crippen LogP contribution in [0.5, 0.6) is 0 Å². The highest BCUT2D eigenvalue weighted by atomic mass is 16.4. The number of nitrogens with two attached hydrogens (primary N) is 1. The number of nitrogens with one attached hydrogen (secondary N) is 1. The first-order valence-electron chi connectivity index (χ1n) is 6.70. The van der Waals surface area contributed by atoms with Gasteiger partial charge in [0.15, 0.2) is 0 Å². The Morgan fingerprint density at radius 3 is 2.95 bits per heavy atom. The molecule has 4 N–H and O–H groups in total. The Morgan fingerprint density at radius 1 is 1.48 bits per heavy atom. The Labute approximate surface area is 120 Å². The zero-order valence-corrected chi connectivity index (χ0v) is 11.4. The minimum absolute atomic E-state index is 0.219. The molecule has 2 heterocycles. The molecule has 0 amide bonds. The number of aliphatic carboxylic acids is 1. The van der Waals surface area contributed by atoms with E-state index < -0.39 is 11.5 Å². The highest BCUT2D eigenvalue weighted by Gasteiger charge is 2.41. The first-order chi connectivity index (χ1) is 9.98. The van der Waals surface area contributed by atoms with Gasteiger partial charge in [-0.15, -0.1) is 0 Å². The maximum Gasteiger partial charge on any atom is 0.325 e. The van der Waals surface area contributed by atoms with Crippen LogP contribution in [0.1, 0.15) is 12.1 Å². The fourth-order valence-corrected chi connectivity index (χ4v) is 2.61. The summed E-state index contributed by atoms with van der Waals surface area (Å²) in [5, 5.41) is 9.12. The normalized spacial score (nSPS) is 22.7. The lowest BCUT2D eigenvalue weighted by Gasteiger charge is -2.19. The summed E-state index contributed by atoms with van der Waals surface area (Å²) in [6.45, 7) is 1.05. The van der Waals surface area contributed by atoms with Gasteiger partial charge in [-0.3, -0.25) is 14.5 Å². The molecule has 0 spiro atoms. The molecule has 1 aliphatic rings. The molecule has 2 aromatic rings. The second-order valence-electron chi connectivity index (χ2n) is 5.45. The van der Waals surface area contributed by atoms with Gasteiger partial charge in [0.25, 0.3) is 5.56 Å². The maximum absolute atomic E-state index is 12.0. The van der Waals surface area contributed by atoms with Crippen molar-refractivity contribution < 1.29 is 9.90 Å². The molecule has 1 fully saturated rings. The van der Waals surface area contributed by atoms with Crippen molar-refractivity contribution in [1.82, 2.24) is 14.9 Å². The van der Waals surface area contributed by atoms with Crippen LogP contribution in [0, 0.1) is 0 Å². The van der Waals surface area contributed by atoms with Gasteiger partial charge in [-0.1, -0.05) is 12.1 Å². The van der Waals surface area contributed by atoms with E-state index in [1.165, 1.54) is 0 Å². The van der Waals surface area contributed by atoms with E-state index in [1.54, 1.807) is 6.07 Å². The van der Waals surface area contributed by atoms with Gasteiger partial charge in [0.05, 0.1) is 11.0 Å². The number of nitrogens with zero attached hydrogens (tertiary/aromatic N) is 2. The highest BCUT2D eigenvalue weighted by Crippen LogP contribution is 2.20. The van der Waals surface area contributed by atoms with Gasteiger partial charge < -0.3 is 15.8 Å². The number of H-pyrrole nitrogens is 1. The van der Waals surface area contributed by atoms with E-state index in [-0.39, 0.29) is 12.1 Å². The summed E-state index contributed by atoms with van der Waals surface area (Å²) in [6, 6.07) is 7.29. The quantitative estimate of drug-likeness (QED) is 0.727. The number of hydrogen-bond donors (Lipinski definition) is 3. The standard InChI is InChI=1S/C14H16N4O3/c15-14(13(20)21)5-6-18(8-14)7-11-12(19)17-10-4-2-1-3-9(10)16-11/h1-4H,5-8,15H2,(H,17,19)(H,20,21). The third-order valence-electron chi connectivity index (χ3n) is 3.85. The number of rotatable bonds is 3. The van der Waals surface area contributed by atoms with Gasteiger partial charge in [-0.25, -0.2) is 4.98 Å². The molecule has 7 nitrogen and oxygen atoms in total. The van der Waals surface area contributed by atoms with Crippen molar-refractivity contribution in [3.05, 3.63) is 40.3 Å². The Bertz CT molecular complexity index is 757. The minimum Gasteiger partial charge on any atom is -0.480 e. The average molecular weight is 288 g/mol. The van der Waals surface area contributed by atoms with E-state index in [1.807, 2.05) is 23.1 Å². The first kappa shape index (κ1) is 13.7. The van der Waals surface area contributed by atoms with Crippen molar-refractivity contribution in [2.75, 3.05) is 13.1 Å². The van der Waals surface area contributed by atoms with Gasteiger partial charge in [-0.05, 0) is 18.6 Å². The van der Waals surface area contributed by atoms with Crippen LogP contribution in [0.2, 0.25) is 0 Å². The molecule has 3 rings (SSSR count). The predicted molar refractivity (Wildman–Crippen MR) is 76.8 cm³/mol. The fraction of sp³-hybridized carbons (Fsp3) is 0.357. The lowest BCUT2D eigenvalue weighted by atomic mass is 10.0. The molecule has 0 radical (unpaired) electrons. The molecule has 1 aromatic carbocycles. The largest absolute Gasteiger partial charge is 0.480 e. The fourth-order valence-electron chi connectivity index (χ4n) is 2.61. The summed E-state index contributed by atoms with van der Waals surface area (Å²) in [4.78, 5) is 32.1. The van der Waals surface area contributed by atoms with Crippen molar-refractivity contribution in [3.8, 4) is 0 Å². The molecular weight excluding hydrogens is 272 g/mol. The van der Waals surface area contributed by atoms with Crippen molar-refractivity contribution in [2.45, 2.75) is 18.5 Å². The van der Waals surface area contributed by atoms with Gasteiger partial charge >= 0.3 is 5.97 Å². The molecule has 1 atom stereocenters. The second-order valence-corrected chi connectivity index (χ2v) is 5.45. The molecule has 7 heteroatoms. The van der Waals surface area contributed by atoms with Crippen LogP contribution in [0.3, 0.4) is 0 Å². The predicted octanol–water partition coefficient (Wildman–Crippen LogP) is -0.0891. The summed E-state index contributed by atoms with van der Waals surface area (Å²) in [6.07, 6.45) is 0.369. The molecule has 110 valence electrons. The van der Waals surface area contributed by atoms with Gasteiger partial charge in [-0.2, -0.15) is 0 Å². The van der Waals surface area contributed by atoms with Crippen LogP contribution in [-0.4, -0.2) is 44.6 Å². The SMILES string of the molecule is NC1(C(=O)O)CCN(Cc2nc3ccccc3[nH]c2=O)C1. The number of benzene rings is 1. The lowest BCUT2D eigenvalue weighted by molar-refractivity contribution is -0.142. The Morgan fingerprint density at radius 2 is 2.24 bits per heavy atom. The average Bonchev–Trinajstić information content (AvgIpc) is 2.83. The number of aromatic amines is 1. The number of likely N-dealkylation sites (tertiary alicyclic amines) is 1. The smallest absolute Gasteiger partial charge is 0.325 e. The molecule has 0 saturated carbocycles. The monoisotopic (exact) mass is 288 g/mol. The maximum atomic E-state index is 12.0. The Kier molecular flexibility index (Phi) is 3.23. The number of para-hydroxylation sites is 2. The van der Waals surface area contributed by atoms with Crippen LogP contribution in [-0.2, 0) is 11.3 Å². The molecule has 1 unspecified atom stereocenters. The third-order valence-corrected chi connectivity index (χ3v) is 3.85. The van der Waals surface area contributed by atoms with Crippen LogP contribution in [0.4, 0.5) is 0 Å². The van der Waals surface area contributed by atoms with Crippen molar-refractivity contribution in [2.24, 2.45) is 5.73 Å². The number of aromatic nitrogens is 2. The van der Waals surface area contributed by atoms with Crippen molar-refractivity contribution in [1.29, 1.82) is 0 Å².